The van der Waals surface area contributed by atoms with Gasteiger partial charge in [-0.2, -0.15) is 0 Å². The molecule has 4 fully saturated rings. The van der Waals surface area contributed by atoms with E-state index in [0.29, 0.717) is 13.0 Å². The van der Waals surface area contributed by atoms with Gasteiger partial charge in [-0.05, 0) is 50.4 Å². The first-order valence-corrected chi connectivity index (χ1v) is 7.29. The summed E-state index contributed by atoms with van der Waals surface area (Å²) in [7, 11) is 1.86. The van der Waals surface area contributed by atoms with E-state index >= 15 is 0 Å². The summed E-state index contributed by atoms with van der Waals surface area (Å²) in [6.07, 6.45) is 7.89. The minimum absolute atomic E-state index is 0.0581. The second-order valence-electron chi connectivity index (χ2n) is 6.86. The third-order valence-electron chi connectivity index (χ3n) is 5.39. The van der Waals surface area contributed by atoms with Crippen molar-refractivity contribution in [3.8, 4) is 0 Å². The first kappa shape index (κ1) is 12.5. The van der Waals surface area contributed by atoms with E-state index in [9.17, 15) is 4.79 Å². The van der Waals surface area contributed by atoms with Gasteiger partial charge in [0.05, 0.1) is 12.2 Å². The van der Waals surface area contributed by atoms with Crippen LogP contribution in [0.5, 0.6) is 0 Å². The zero-order valence-corrected chi connectivity index (χ0v) is 11.5. The molecule has 0 aromatic rings. The summed E-state index contributed by atoms with van der Waals surface area (Å²) < 4.78 is 11.3. The van der Waals surface area contributed by atoms with Crippen molar-refractivity contribution in [3.63, 3.8) is 0 Å². The highest BCUT2D eigenvalue weighted by atomic mass is 16.5. The van der Waals surface area contributed by atoms with Crippen LogP contribution in [0.4, 0.5) is 0 Å². The van der Waals surface area contributed by atoms with Gasteiger partial charge in [-0.25, -0.2) is 0 Å². The van der Waals surface area contributed by atoms with Crippen LogP contribution in [-0.2, 0) is 14.3 Å². The smallest absolute Gasteiger partial charge is 0.305 e. The minimum atomic E-state index is -0.0581. The van der Waals surface area contributed by atoms with Gasteiger partial charge < -0.3 is 9.47 Å². The van der Waals surface area contributed by atoms with Crippen LogP contribution in [0.25, 0.3) is 0 Å². The van der Waals surface area contributed by atoms with E-state index in [1.807, 2.05) is 14.0 Å². The Balaban J connectivity index is 1.74. The van der Waals surface area contributed by atoms with Crippen LogP contribution < -0.4 is 0 Å². The number of hydrogen-bond donors (Lipinski definition) is 0. The molecule has 4 aliphatic rings. The number of carbonyl (C=O) groups is 1. The van der Waals surface area contributed by atoms with Crippen molar-refractivity contribution < 1.29 is 14.3 Å². The van der Waals surface area contributed by atoms with Crippen LogP contribution >= 0.6 is 0 Å². The Morgan fingerprint density at radius 3 is 2.44 bits per heavy atom. The Bertz CT molecular complexity index is 336. The van der Waals surface area contributed by atoms with E-state index < -0.39 is 0 Å². The number of methoxy groups -OCH3 is 1. The highest BCUT2D eigenvalue weighted by molar-refractivity contribution is 5.68. The molecule has 4 saturated carbocycles. The maximum atomic E-state index is 11.4. The van der Waals surface area contributed by atoms with Gasteiger partial charge in [0.25, 0.3) is 0 Å². The Labute approximate surface area is 109 Å². The van der Waals surface area contributed by atoms with Crippen LogP contribution in [0.3, 0.4) is 0 Å². The molecular formula is C15H24O3. The van der Waals surface area contributed by atoms with Gasteiger partial charge in [0, 0.05) is 18.9 Å². The minimum Gasteiger partial charge on any atom is -0.465 e. The summed E-state index contributed by atoms with van der Waals surface area (Å²) in [6, 6.07) is 0. The van der Waals surface area contributed by atoms with Gasteiger partial charge in [-0.15, -0.1) is 0 Å². The Morgan fingerprint density at radius 1 is 1.22 bits per heavy atom. The Morgan fingerprint density at radius 2 is 1.89 bits per heavy atom. The van der Waals surface area contributed by atoms with Crippen molar-refractivity contribution in [2.24, 2.45) is 17.3 Å². The highest BCUT2D eigenvalue weighted by Crippen LogP contribution is 2.62. The largest absolute Gasteiger partial charge is 0.465 e. The van der Waals surface area contributed by atoms with Gasteiger partial charge in [0.2, 0.25) is 0 Å². The average Bonchev–Trinajstić information content (AvgIpc) is 2.34. The van der Waals surface area contributed by atoms with Crippen LogP contribution in [0, 0.1) is 17.3 Å². The van der Waals surface area contributed by atoms with E-state index in [0.717, 1.165) is 18.3 Å². The van der Waals surface area contributed by atoms with Crippen molar-refractivity contribution in [3.05, 3.63) is 0 Å². The fourth-order valence-corrected chi connectivity index (χ4v) is 5.11. The van der Waals surface area contributed by atoms with E-state index in [1.54, 1.807) is 0 Å². The van der Waals surface area contributed by atoms with Crippen molar-refractivity contribution in [1.29, 1.82) is 0 Å². The number of esters is 1. The zero-order valence-electron chi connectivity index (χ0n) is 11.5. The number of hydrogen-bond acceptors (Lipinski definition) is 3. The summed E-state index contributed by atoms with van der Waals surface area (Å²) in [5, 5.41) is 0. The van der Waals surface area contributed by atoms with E-state index in [4.69, 9.17) is 9.47 Å². The third-order valence-corrected chi connectivity index (χ3v) is 5.39. The molecule has 4 aliphatic carbocycles. The molecule has 4 rings (SSSR count). The van der Waals surface area contributed by atoms with Crippen molar-refractivity contribution in [1.82, 2.24) is 0 Å². The van der Waals surface area contributed by atoms with Crippen LogP contribution in [0.2, 0.25) is 0 Å². The Kier molecular flexibility index (Phi) is 2.92. The summed E-state index contributed by atoms with van der Waals surface area (Å²) >= 11 is 0. The molecule has 4 bridgehead atoms. The fraction of sp³-hybridized carbons (Fsp3) is 0.933. The van der Waals surface area contributed by atoms with Gasteiger partial charge in [0.15, 0.2) is 0 Å². The molecule has 18 heavy (non-hydrogen) atoms. The molecule has 2 atom stereocenters. The molecule has 0 aromatic carbocycles. The second kappa shape index (κ2) is 4.22. The molecule has 102 valence electrons. The van der Waals surface area contributed by atoms with E-state index in [2.05, 4.69) is 0 Å². The summed E-state index contributed by atoms with van der Waals surface area (Å²) in [5.74, 6) is 1.54. The topological polar surface area (TPSA) is 35.5 Å². The summed E-state index contributed by atoms with van der Waals surface area (Å²) in [4.78, 5) is 11.4. The molecule has 0 N–H and O–H groups in total. The number of rotatable bonds is 4. The summed E-state index contributed by atoms with van der Waals surface area (Å²) in [6.45, 7) is 2.48. The molecule has 3 nitrogen and oxygen atoms in total. The first-order valence-electron chi connectivity index (χ1n) is 7.29. The third kappa shape index (κ3) is 1.97. The standard InChI is InChI=1S/C15H24O3/c1-3-13(16)18-10-14-5-11-4-12(6-14)8-15(7-11,9-14)17-2/h11-12H,3-10H2,1-2H3. The monoisotopic (exact) mass is 252 g/mol. The predicted molar refractivity (Wildman–Crippen MR) is 68.1 cm³/mol. The summed E-state index contributed by atoms with van der Waals surface area (Å²) in [5.41, 5.74) is 0.327. The molecule has 0 amide bonds. The maximum Gasteiger partial charge on any atom is 0.305 e. The average molecular weight is 252 g/mol. The van der Waals surface area contributed by atoms with Crippen molar-refractivity contribution in [2.45, 2.75) is 57.5 Å². The van der Waals surface area contributed by atoms with Crippen LogP contribution in [0.15, 0.2) is 0 Å². The van der Waals surface area contributed by atoms with Crippen LogP contribution in [0.1, 0.15) is 51.9 Å². The van der Waals surface area contributed by atoms with Gasteiger partial charge in [-0.1, -0.05) is 6.92 Å². The Hall–Kier alpha value is -0.570. The fourth-order valence-electron chi connectivity index (χ4n) is 5.11. The molecule has 0 saturated heterocycles. The lowest BCUT2D eigenvalue weighted by Crippen LogP contribution is -2.57. The van der Waals surface area contributed by atoms with E-state index in [-0.39, 0.29) is 17.0 Å². The SMILES string of the molecule is CCC(=O)OCC12CC3CC(C1)CC(OC)(C3)C2. The second-order valence-corrected chi connectivity index (χ2v) is 6.86. The lowest BCUT2D eigenvalue weighted by atomic mass is 9.48. The molecule has 0 aliphatic heterocycles. The normalized spacial score (nSPS) is 45.2. The van der Waals surface area contributed by atoms with Gasteiger partial charge in [0.1, 0.15) is 0 Å². The molecule has 3 heteroatoms. The van der Waals surface area contributed by atoms with Gasteiger partial charge >= 0.3 is 5.97 Å². The van der Waals surface area contributed by atoms with Crippen molar-refractivity contribution >= 4 is 5.97 Å². The maximum absolute atomic E-state index is 11.4. The molecule has 2 unspecified atom stereocenters. The lowest BCUT2D eigenvalue weighted by Gasteiger charge is -2.61. The zero-order chi connectivity index (χ0) is 12.8. The molecule has 0 heterocycles. The molecule has 0 spiro atoms. The first-order chi connectivity index (χ1) is 8.59. The number of carbonyl (C=O) groups excluding carboxylic acids is 1. The van der Waals surface area contributed by atoms with Gasteiger partial charge in [-0.3, -0.25) is 4.79 Å². The van der Waals surface area contributed by atoms with Crippen LogP contribution in [-0.4, -0.2) is 25.3 Å². The lowest BCUT2D eigenvalue weighted by molar-refractivity contribution is -0.197. The molecular weight excluding hydrogens is 228 g/mol. The quantitative estimate of drug-likeness (QED) is 0.722. The molecule has 0 radical (unpaired) electrons. The highest BCUT2D eigenvalue weighted by Gasteiger charge is 2.58. The molecule has 0 aromatic heterocycles. The van der Waals surface area contributed by atoms with Crippen molar-refractivity contribution in [2.75, 3.05) is 13.7 Å². The number of ether oxygens (including phenoxy) is 2. The predicted octanol–water partition coefficient (Wildman–Crippen LogP) is 2.93. The van der Waals surface area contributed by atoms with E-state index in [1.165, 1.54) is 32.1 Å².